The highest BCUT2D eigenvalue weighted by Gasteiger charge is 2.27. The Bertz CT molecular complexity index is 1030. The Labute approximate surface area is 166 Å². The molecule has 10 heteroatoms. The van der Waals surface area contributed by atoms with Crippen molar-refractivity contribution < 1.29 is 9.72 Å². The van der Waals surface area contributed by atoms with Crippen LogP contribution in [0.4, 0.5) is 23.0 Å². The first kappa shape index (κ1) is 19.7. The van der Waals surface area contributed by atoms with Gasteiger partial charge in [-0.25, -0.2) is 9.97 Å². The van der Waals surface area contributed by atoms with Crippen molar-refractivity contribution in [1.82, 2.24) is 20.4 Å². The fraction of sp³-hybridized carbons (Fsp3) is 0.158. The summed E-state index contributed by atoms with van der Waals surface area (Å²) < 4.78 is 0. The van der Waals surface area contributed by atoms with E-state index >= 15 is 0 Å². The van der Waals surface area contributed by atoms with E-state index in [0.29, 0.717) is 12.1 Å². The van der Waals surface area contributed by atoms with E-state index in [9.17, 15) is 14.9 Å². The van der Waals surface area contributed by atoms with Crippen molar-refractivity contribution in [3.8, 4) is 0 Å². The number of nitro groups is 1. The Morgan fingerprint density at radius 3 is 2.62 bits per heavy atom. The Kier molecular flexibility index (Phi) is 5.93. The Morgan fingerprint density at radius 2 is 1.97 bits per heavy atom. The fourth-order valence-corrected chi connectivity index (χ4v) is 2.77. The minimum absolute atomic E-state index is 0.117. The second-order valence-corrected chi connectivity index (χ2v) is 6.05. The van der Waals surface area contributed by atoms with Crippen molar-refractivity contribution in [3.05, 3.63) is 76.4 Å². The lowest BCUT2D eigenvalue weighted by atomic mass is 10.2. The molecule has 3 aromatic rings. The fourth-order valence-electron chi connectivity index (χ4n) is 2.77. The van der Waals surface area contributed by atoms with Crippen LogP contribution >= 0.6 is 0 Å². The third kappa shape index (κ3) is 4.43. The zero-order chi connectivity index (χ0) is 20.8. The summed E-state index contributed by atoms with van der Waals surface area (Å²) in [5.41, 5.74) is 6.73. The van der Waals surface area contributed by atoms with Crippen LogP contribution in [-0.4, -0.2) is 32.3 Å². The largest absolute Gasteiger partial charge is 0.355 e. The summed E-state index contributed by atoms with van der Waals surface area (Å²) in [7, 11) is 0. The van der Waals surface area contributed by atoms with Crippen LogP contribution in [0.1, 0.15) is 22.8 Å². The topological polar surface area (TPSA) is 126 Å². The van der Waals surface area contributed by atoms with E-state index in [1.165, 1.54) is 30.9 Å². The average Bonchev–Trinajstić information content (AvgIpc) is 2.73. The summed E-state index contributed by atoms with van der Waals surface area (Å²) in [4.78, 5) is 37.1. The highest BCUT2D eigenvalue weighted by atomic mass is 16.6. The van der Waals surface area contributed by atoms with Crippen LogP contribution < -0.4 is 15.8 Å². The molecule has 0 aliphatic heterocycles. The smallest absolute Gasteiger partial charge is 0.321 e. The maximum absolute atomic E-state index is 12.2. The normalized spacial score (nSPS) is 10.3. The van der Waals surface area contributed by atoms with Crippen molar-refractivity contribution in [2.45, 2.75) is 13.8 Å². The zero-order valence-electron chi connectivity index (χ0n) is 15.9. The molecule has 2 heterocycles. The van der Waals surface area contributed by atoms with Crippen LogP contribution in [0.5, 0.6) is 0 Å². The van der Waals surface area contributed by atoms with Crippen molar-refractivity contribution in [2.24, 2.45) is 0 Å². The molecule has 2 N–H and O–H groups in total. The van der Waals surface area contributed by atoms with Gasteiger partial charge >= 0.3 is 5.69 Å². The lowest BCUT2D eigenvalue weighted by molar-refractivity contribution is -0.383. The minimum atomic E-state index is -0.575. The summed E-state index contributed by atoms with van der Waals surface area (Å²) >= 11 is 0. The number of hydrazine groups is 1. The molecular formula is C19H19N7O3. The first-order valence-electron chi connectivity index (χ1n) is 8.81. The van der Waals surface area contributed by atoms with E-state index in [1.807, 2.05) is 38.1 Å². The van der Waals surface area contributed by atoms with Gasteiger partial charge in [0, 0.05) is 30.2 Å². The molecular weight excluding hydrogens is 374 g/mol. The molecule has 0 bridgehead atoms. The molecule has 148 valence electrons. The summed E-state index contributed by atoms with van der Waals surface area (Å²) in [6, 6.07) is 10.6. The molecule has 3 rings (SSSR count). The van der Waals surface area contributed by atoms with E-state index in [-0.39, 0.29) is 17.3 Å². The van der Waals surface area contributed by atoms with Crippen molar-refractivity contribution >= 4 is 28.9 Å². The maximum Gasteiger partial charge on any atom is 0.355 e. The third-order valence-electron chi connectivity index (χ3n) is 4.11. The first-order chi connectivity index (χ1) is 14.0. The van der Waals surface area contributed by atoms with E-state index in [2.05, 4.69) is 25.8 Å². The number of hydrogen-bond acceptors (Lipinski definition) is 8. The average molecular weight is 393 g/mol. The predicted molar refractivity (Wildman–Crippen MR) is 108 cm³/mol. The molecule has 0 saturated heterocycles. The molecule has 0 saturated carbocycles. The van der Waals surface area contributed by atoms with Crippen LogP contribution in [0.15, 0.2) is 55.1 Å². The molecule has 1 amide bonds. The molecule has 1 aromatic carbocycles. The maximum atomic E-state index is 12.2. The Hall–Kier alpha value is -4.08. The van der Waals surface area contributed by atoms with Gasteiger partial charge in [-0.2, -0.15) is 0 Å². The molecule has 0 unspecified atom stereocenters. The molecule has 0 radical (unpaired) electrons. The second kappa shape index (κ2) is 8.74. The standard InChI is InChI=1S/C19H19N7O3/c1-3-25(15-6-4-5-13(2)11-15)18-16(26(28)29)17(21-12-22-18)23-24-19(27)14-7-9-20-10-8-14/h4-12H,3H2,1-2H3,(H,24,27)(H,21,22,23). The number of hydrogen-bond donors (Lipinski definition) is 2. The van der Waals surface area contributed by atoms with Crippen molar-refractivity contribution in [1.29, 1.82) is 0 Å². The molecule has 10 nitrogen and oxygen atoms in total. The number of nitrogens with zero attached hydrogens (tertiary/aromatic N) is 5. The number of rotatable bonds is 7. The number of amides is 1. The number of carbonyl (C=O) groups excluding carboxylic acids is 1. The van der Waals surface area contributed by atoms with Gasteiger partial charge in [0.15, 0.2) is 0 Å². The number of carbonyl (C=O) groups is 1. The summed E-state index contributed by atoms with van der Waals surface area (Å²) in [5.74, 6) is -0.472. The molecule has 29 heavy (non-hydrogen) atoms. The molecule has 0 fully saturated rings. The highest BCUT2D eigenvalue weighted by Crippen LogP contribution is 2.35. The lowest BCUT2D eigenvalue weighted by Crippen LogP contribution is -2.30. The van der Waals surface area contributed by atoms with Gasteiger partial charge in [-0.15, -0.1) is 0 Å². The van der Waals surface area contributed by atoms with E-state index < -0.39 is 10.8 Å². The SMILES string of the molecule is CCN(c1cccc(C)c1)c1ncnc(NNC(=O)c2ccncc2)c1[N+](=O)[O-]. The van der Waals surface area contributed by atoms with Crippen LogP contribution in [0.2, 0.25) is 0 Å². The summed E-state index contributed by atoms with van der Waals surface area (Å²) in [5, 5.41) is 11.8. The number of pyridine rings is 1. The van der Waals surface area contributed by atoms with E-state index in [1.54, 1.807) is 4.90 Å². The van der Waals surface area contributed by atoms with Gasteiger partial charge < -0.3 is 4.90 Å². The molecule has 2 aromatic heterocycles. The monoisotopic (exact) mass is 393 g/mol. The van der Waals surface area contributed by atoms with Gasteiger partial charge in [-0.3, -0.25) is 30.7 Å². The van der Waals surface area contributed by atoms with Gasteiger partial charge in [-0.05, 0) is 43.7 Å². The molecule has 0 aliphatic carbocycles. The number of anilines is 3. The summed E-state index contributed by atoms with van der Waals surface area (Å²) in [6.07, 6.45) is 4.16. The quantitative estimate of drug-likeness (QED) is 0.463. The van der Waals surface area contributed by atoms with Crippen molar-refractivity contribution in [2.75, 3.05) is 16.9 Å². The highest BCUT2D eigenvalue weighted by molar-refractivity contribution is 5.95. The Balaban J connectivity index is 1.93. The van der Waals surface area contributed by atoms with Crippen LogP contribution in [0, 0.1) is 17.0 Å². The number of aromatic nitrogens is 3. The predicted octanol–water partition coefficient (Wildman–Crippen LogP) is 3.00. The summed E-state index contributed by atoms with van der Waals surface area (Å²) in [6.45, 7) is 4.25. The van der Waals surface area contributed by atoms with Gasteiger partial charge in [0.05, 0.1) is 4.92 Å². The zero-order valence-corrected chi connectivity index (χ0v) is 15.9. The van der Waals surface area contributed by atoms with E-state index in [0.717, 1.165) is 11.3 Å². The van der Waals surface area contributed by atoms with Crippen molar-refractivity contribution in [3.63, 3.8) is 0 Å². The van der Waals surface area contributed by atoms with Gasteiger partial charge in [0.2, 0.25) is 11.6 Å². The van der Waals surface area contributed by atoms with Crippen LogP contribution in [-0.2, 0) is 0 Å². The molecule has 0 spiro atoms. The van der Waals surface area contributed by atoms with Crippen LogP contribution in [0.25, 0.3) is 0 Å². The first-order valence-corrected chi connectivity index (χ1v) is 8.81. The number of benzene rings is 1. The molecule has 0 aliphatic rings. The Morgan fingerprint density at radius 1 is 1.21 bits per heavy atom. The van der Waals surface area contributed by atoms with E-state index in [4.69, 9.17) is 0 Å². The lowest BCUT2D eigenvalue weighted by Gasteiger charge is -2.22. The van der Waals surface area contributed by atoms with Crippen LogP contribution in [0.3, 0.4) is 0 Å². The third-order valence-corrected chi connectivity index (χ3v) is 4.11. The van der Waals surface area contributed by atoms with Gasteiger partial charge in [0.1, 0.15) is 6.33 Å². The number of aryl methyl sites for hydroxylation is 1. The van der Waals surface area contributed by atoms with Gasteiger partial charge in [0.25, 0.3) is 5.91 Å². The second-order valence-electron chi connectivity index (χ2n) is 6.05. The van der Waals surface area contributed by atoms with Gasteiger partial charge in [-0.1, -0.05) is 12.1 Å². The minimum Gasteiger partial charge on any atom is -0.321 e. The molecule has 0 atom stereocenters. The number of nitrogens with one attached hydrogen (secondary N) is 2.